The van der Waals surface area contributed by atoms with E-state index < -0.39 is 0 Å². The Morgan fingerprint density at radius 2 is 2.37 bits per heavy atom. The number of H-pyrrole nitrogens is 1. The van der Waals surface area contributed by atoms with Gasteiger partial charge in [-0.2, -0.15) is 10.1 Å². The summed E-state index contributed by atoms with van der Waals surface area (Å²) in [6.45, 7) is 3.83. The van der Waals surface area contributed by atoms with Crippen molar-refractivity contribution in [2.75, 3.05) is 18.0 Å². The molecule has 1 saturated heterocycles. The number of nitrogens with two attached hydrogens (primary N) is 1. The van der Waals surface area contributed by atoms with E-state index in [0.29, 0.717) is 0 Å². The summed E-state index contributed by atoms with van der Waals surface area (Å²) in [5.41, 5.74) is 7.92. The van der Waals surface area contributed by atoms with Crippen molar-refractivity contribution in [3.8, 4) is 11.5 Å². The summed E-state index contributed by atoms with van der Waals surface area (Å²) in [5.74, 6) is 1.48. The second-order valence-electron chi connectivity index (χ2n) is 4.98. The number of nitrogens with zero attached hydrogens (tertiary/aromatic N) is 5. The molecule has 0 saturated carbocycles. The molecule has 3 heterocycles. The van der Waals surface area contributed by atoms with Gasteiger partial charge in [0.15, 0.2) is 5.82 Å². The van der Waals surface area contributed by atoms with Gasteiger partial charge in [0.05, 0.1) is 5.69 Å². The smallest absolute Gasteiger partial charge is 0.245 e. The Balaban J connectivity index is 1.86. The van der Waals surface area contributed by atoms with Gasteiger partial charge in [0.2, 0.25) is 5.95 Å². The van der Waals surface area contributed by atoms with Crippen molar-refractivity contribution in [1.29, 1.82) is 0 Å². The minimum Gasteiger partial charge on any atom is -0.338 e. The molecule has 1 unspecified atom stereocenters. The van der Waals surface area contributed by atoms with Crippen molar-refractivity contribution in [3.63, 3.8) is 0 Å². The van der Waals surface area contributed by atoms with E-state index in [1.54, 1.807) is 0 Å². The van der Waals surface area contributed by atoms with Crippen molar-refractivity contribution in [3.05, 3.63) is 11.8 Å². The summed E-state index contributed by atoms with van der Waals surface area (Å²) in [7, 11) is 1.92. The molecule has 7 nitrogen and oxygen atoms in total. The molecular formula is C12H19N7. The minimum absolute atomic E-state index is 0.227. The fraction of sp³-hybridized carbons (Fsp3) is 0.583. The first kappa shape index (κ1) is 12.2. The molecular weight excluding hydrogens is 242 g/mol. The average Bonchev–Trinajstić information content (AvgIpc) is 3.07. The van der Waals surface area contributed by atoms with Crippen LogP contribution in [0.5, 0.6) is 0 Å². The van der Waals surface area contributed by atoms with Crippen LogP contribution in [0.25, 0.3) is 11.5 Å². The normalized spacial score (nSPS) is 19.3. The molecule has 19 heavy (non-hydrogen) atoms. The van der Waals surface area contributed by atoms with Crippen LogP contribution in [-0.4, -0.2) is 44.1 Å². The summed E-state index contributed by atoms with van der Waals surface area (Å²) < 4.78 is 1.83. The van der Waals surface area contributed by atoms with E-state index in [-0.39, 0.29) is 6.04 Å². The molecule has 0 amide bonds. The third-order valence-corrected chi connectivity index (χ3v) is 3.52. The van der Waals surface area contributed by atoms with Gasteiger partial charge in [0.1, 0.15) is 5.69 Å². The fourth-order valence-corrected chi connectivity index (χ4v) is 2.40. The number of anilines is 1. The molecule has 1 aliphatic rings. The number of hydrogen-bond donors (Lipinski definition) is 2. The molecule has 1 aliphatic heterocycles. The number of aromatic amines is 1. The number of hydrogen-bond acceptors (Lipinski definition) is 5. The van der Waals surface area contributed by atoms with Gasteiger partial charge in [-0.15, -0.1) is 5.10 Å². The third kappa shape index (κ3) is 2.21. The van der Waals surface area contributed by atoms with Gasteiger partial charge in [0, 0.05) is 26.2 Å². The highest BCUT2D eigenvalue weighted by Crippen LogP contribution is 2.20. The molecule has 102 valence electrons. The molecule has 0 spiro atoms. The SMILES string of the molecule is CCc1cc(-c2nc(N3CCC(N)C3)n[nH]2)n(C)n1. The van der Waals surface area contributed by atoms with Crippen LogP contribution in [0, 0.1) is 0 Å². The Labute approximate surface area is 111 Å². The fourth-order valence-electron chi connectivity index (χ4n) is 2.40. The van der Waals surface area contributed by atoms with Crippen molar-refractivity contribution in [2.45, 2.75) is 25.8 Å². The quantitative estimate of drug-likeness (QED) is 0.830. The summed E-state index contributed by atoms with van der Waals surface area (Å²) in [6.07, 6.45) is 1.91. The van der Waals surface area contributed by atoms with Gasteiger partial charge >= 0.3 is 0 Å². The van der Waals surface area contributed by atoms with E-state index in [2.05, 4.69) is 32.1 Å². The van der Waals surface area contributed by atoms with Crippen molar-refractivity contribution < 1.29 is 0 Å². The van der Waals surface area contributed by atoms with Crippen LogP contribution in [0.3, 0.4) is 0 Å². The Hall–Kier alpha value is -1.89. The second kappa shape index (κ2) is 4.65. The minimum atomic E-state index is 0.227. The highest BCUT2D eigenvalue weighted by atomic mass is 15.4. The van der Waals surface area contributed by atoms with Crippen LogP contribution in [0.15, 0.2) is 6.07 Å². The average molecular weight is 261 g/mol. The Morgan fingerprint density at radius 3 is 3.00 bits per heavy atom. The van der Waals surface area contributed by atoms with Gasteiger partial charge in [-0.1, -0.05) is 6.92 Å². The van der Waals surface area contributed by atoms with Crippen molar-refractivity contribution in [2.24, 2.45) is 12.8 Å². The maximum atomic E-state index is 5.90. The van der Waals surface area contributed by atoms with E-state index in [9.17, 15) is 0 Å². The molecule has 0 aliphatic carbocycles. The summed E-state index contributed by atoms with van der Waals surface area (Å²) in [5, 5.41) is 11.7. The first-order valence-electron chi connectivity index (χ1n) is 6.63. The number of nitrogens with one attached hydrogen (secondary N) is 1. The lowest BCUT2D eigenvalue weighted by Crippen LogP contribution is -2.26. The molecule has 3 N–H and O–H groups in total. The summed E-state index contributed by atoms with van der Waals surface area (Å²) in [4.78, 5) is 6.66. The Kier molecular flexibility index (Phi) is 2.98. The molecule has 0 aromatic carbocycles. The van der Waals surface area contributed by atoms with Crippen LogP contribution in [-0.2, 0) is 13.5 Å². The van der Waals surface area contributed by atoms with Gasteiger partial charge in [-0.3, -0.25) is 9.78 Å². The highest BCUT2D eigenvalue weighted by Gasteiger charge is 2.23. The highest BCUT2D eigenvalue weighted by molar-refractivity contribution is 5.52. The van der Waals surface area contributed by atoms with Crippen LogP contribution in [0.2, 0.25) is 0 Å². The monoisotopic (exact) mass is 261 g/mol. The Morgan fingerprint density at radius 1 is 1.53 bits per heavy atom. The van der Waals surface area contributed by atoms with Crippen LogP contribution in [0.4, 0.5) is 5.95 Å². The molecule has 7 heteroatoms. The number of aryl methyl sites for hydroxylation is 2. The molecule has 1 fully saturated rings. The maximum absolute atomic E-state index is 5.90. The van der Waals surface area contributed by atoms with Crippen LogP contribution < -0.4 is 10.6 Å². The zero-order chi connectivity index (χ0) is 13.4. The third-order valence-electron chi connectivity index (χ3n) is 3.52. The van der Waals surface area contributed by atoms with Crippen LogP contribution in [0.1, 0.15) is 19.0 Å². The van der Waals surface area contributed by atoms with Gasteiger partial charge in [-0.05, 0) is 18.9 Å². The lowest BCUT2D eigenvalue weighted by molar-refractivity contribution is 0.748. The predicted molar refractivity (Wildman–Crippen MR) is 72.8 cm³/mol. The predicted octanol–water partition coefficient (Wildman–Crippen LogP) is 0.305. The van der Waals surface area contributed by atoms with Crippen LogP contribution >= 0.6 is 0 Å². The molecule has 2 aromatic rings. The maximum Gasteiger partial charge on any atom is 0.245 e. The van der Waals surface area contributed by atoms with E-state index in [0.717, 1.165) is 49.1 Å². The zero-order valence-electron chi connectivity index (χ0n) is 11.3. The topological polar surface area (TPSA) is 88.7 Å². The van der Waals surface area contributed by atoms with Gasteiger partial charge in [-0.25, -0.2) is 0 Å². The Bertz CT molecular complexity index is 570. The summed E-state index contributed by atoms with van der Waals surface area (Å²) in [6, 6.07) is 2.27. The molecule has 2 aromatic heterocycles. The van der Waals surface area contributed by atoms with E-state index in [1.165, 1.54) is 0 Å². The van der Waals surface area contributed by atoms with E-state index in [4.69, 9.17) is 5.73 Å². The number of aromatic nitrogens is 5. The lowest BCUT2D eigenvalue weighted by atomic mass is 10.3. The summed E-state index contributed by atoms with van der Waals surface area (Å²) >= 11 is 0. The zero-order valence-corrected chi connectivity index (χ0v) is 11.3. The van der Waals surface area contributed by atoms with Gasteiger partial charge in [0.25, 0.3) is 0 Å². The lowest BCUT2D eigenvalue weighted by Gasteiger charge is -2.11. The second-order valence-corrected chi connectivity index (χ2v) is 4.98. The molecule has 0 bridgehead atoms. The molecule has 0 radical (unpaired) electrons. The standard InChI is InChI=1S/C12H19N7/c1-3-9-6-10(18(2)17-9)11-14-12(16-15-11)19-5-4-8(13)7-19/h6,8H,3-5,7,13H2,1-2H3,(H,14,15,16). The first-order valence-corrected chi connectivity index (χ1v) is 6.63. The molecule has 3 rings (SSSR count). The van der Waals surface area contributed by atoms with Gasteiger partial charge < -0.3 is 10.6 Å². The largest absolute Gasteiger partial charge is 0.338 e. The van der Waals surface area contributed by atoms with E-state index in [1.807, 2.05) is 17.8 Å². The van der Waals surface area contributed by atoms with E-state index >= 15 is 0 Å². The van der Waals surface area contributed by atoms with Crippen molar-refractivity contribution in [1.82, 2.24) is 25.0 Å². The first-order chi connectivity index (χ1) is 9.17. The molecule has 1 atom stereocenters. The number of rotatable bonds is 3. The van der Waals surface area contributed by atoms with Crippen molar-refractivity contribution >= 4 is 5.95 Å².